The first-order valence-corrected chi connectivity index (χ1v) is 29.9. The van der Waals surface area contributed by atoms with Crippen LogP contribution in [0, 0.1) is 35.5 Å². The van der Waals surface area contributed by atoms with Crippen LogP contribution in [0.2, 0.25) is 0 Å². The highest BCUT2D eigenvalue weighted by molar-refractivity contribution is 6.00. The standard InChI is InChI=1S/C75H65N3/c1-72(2)62-19-8-6-16-56(62)57-25-22-52(35-65(57)72)51-14-10-15-53(34-51)70-76-69(50-12-4-3-5-13-50)77-71(78-70)61-18-11-21-64-68(61)60-17-7-9-20-63(60)75(64)66-36-54(73-38-44-28-45(39-73)30-46(29-44)40-73)23-26-58(66)59-27-24-55(37-67(59)75)74-41-47-31-48(42-74)33-49(32-47)43-74/h3-27,34-37,44-49H,28-33,38-43H2,1-2H3. The first-order valence-electron chi connectivity index (χ1n) is 29.9. The van der Waals surface area contributed by atoms with Crippen molar-refractivity contribution in [1.29, 1.82) is 0 Å². The molecule has 0 radical (unpaired) electrons. The largest absolute Gasteiger partial charge is 0.208 e. The summed E-state index contributed by atoms with van der Waals surface area (Å²) in [7, 11) is 0. The Morgan fingerprint density at radius 1 is 0.308 bits per heavy atom. The Bertz CT molecular complexity index is 3880. The lowest BCUT2D eigenvalue weighted by atomic mass is 9.48. The average molecular weight is 1010 g/mol. The van der Waals surface area contributed by atoms with Crippen LogP contribution in [0.3, 0.4) is 0 Å². The van der Waals surface area contributed by atoms with Crippen LogP contribution in [0.1, 0.15) is 135 Å². The quantitative estimate of drug-likeness (QED) is 0.167. The van der Waals surface area contributed by atoms with Gasteiger partial charge in [0.05, 0.1) is 5.41 Å². The van der Waals surface area contributed by atoms with Gasteiger partial charge in [-0.1, -0.05) is 178 Å². The van der Waals surface area contributed by atoms with Crippen molar-refractivity contribution in [2.75, 3.05) is 0 Å². The van der Waals surface area contributed by atoms with Gasteiger partial charge < -0.3 is 0 Å². The predicted octanol–water partition coefficient (Wildman–Crippen LogP) is 18.1. The van der Waals surface area contributed by atoms with Gasteiger partial charge in [0.25, 0.3) is 0 Å². The maximum absolute atomic E-state index is 5.61. The summed E-state index contributed by atoms with van der Waals surface area (Å²) < 4.78 is 0. The number of hydrogen-bond acceptors (Lipinski definition) is 3. The molecule has 0 atom stereocenters. The maximum atomic E-state index is 5.61. The van der Waals surface area contributed by atoms with Gasteiger partial charge in [-0.25, -0.2) is 15.0 Å². The highest BCUT2D eigenvalue weighted by Gasteiger charge is 2.57. The second kappa shape index (κ2) is 15.7. The number of benzene rings is 8. The number of nitrogens with zero attached hydrogens (tertiary/aromatic N) is 3. The molecular weight excluding hydrogens is 943 g/mol. The molecule has 380 valence electrons. The fourth-order valence-electron chi connectivity index (χ4n) is 20.1. The van der Waals surface area contributed by atoms with Crippen LogP contribution in [0.25, 0.3) is 78.7 Å². The van der Waals surface area contributed by atoms with Crippen molar-refractivity contribution in [3.63, 3.8) is 0 Å². The van der Waals surface area contributed by atoms with E-state index in [9.17, 15) is 0 Å². The van der Waals surface area contributed by atoms with Gasteiger partial charge in [0, 0.05) is 22.1 Å². The molecule has 1 heterocycles. The molecule has 0 amide bonds. The summed E-state index contributed by atoms with van der Waals surface area (Å²) in [6.45, 7) is 4.72. The SMILES string of the molecule is CC1(C)c2ccccc2-c2ccc(-c3cccc(-c4nc(-c5ccccc5)nc(-c5cccc6c5-c5ccccc5C65c6cc(C78CC9CC(CC(C9)C7)C8)ccc6-c6ccc(C78CC9CC(CC(C9)C7)C8)cc65)n4)c3)cc21. The third-order valence-corrected chi connectivity index (χ3v) is 22.5. The van der Waals surface area contributed by atoms with Gasteiger partial charge in [-0.3, -0.25) is 0 Å². The summed E-state index contributed by atoms with van der Waals surface area (Å²) in [5, 5.41) is 0. The second-order valence-electron chi connectivity index (χ2n) is 27.1. The van der Waals surface area contributed by atoms with Crippen molar-refractivity contribution in [3.05, 3.63) is 220 Å². The Morgan fingerprint density at radius 3 is 1.37 bits per heavy atom. The topological polar surface area (TPSA) is 38.7 Å². The Hall–Kier alpha value is -7.23. The van der Waals surface area contributed by atoms with Crippen LogP contribution in [0.15, 0.2) is 176 Å². The van der Waals surface area contributed by atoms with Crippen LogP contribution in [-0.4, -0.2) is 15.0 Å². The van der Waals surface area contributed by atoms with Gasteiger partial charge in [0.15, 0.2) is 17.5 Å². The molecule has 0 unspecified atom stereocenters. The molecule has 11 aliphatic carbocycles. The van der Waals surface area contributed by atoms with Crippen molar-refractivity contribution in [1.82, 2.24) is 15.0 Å². The second-order valence-corrected chi connectivity index (χ2v) is 27.1. The molecular formula is C75H65N3. The highest BCUT2D eigenvalue weighted by atomic mass is 15.0. The van der Waals surface area contributed by atoms with Crippen LogP contribution in [0.4, 0.5) is 0 Å². The smallest absolute Gasteiger partial charge is 0.164 e. The van der Waals surface area contributed by atoms with E-state index < -0.39 is 5.41 Å². The molecule has 8 saturated carbocycles. The summed E-state index contributed by atoms with van der Waals surface area (Å²) in [5.74, 6) is 7.38. The van der Waals surface area contributed by atoms with E-state index in [1.807, 2.05) is 0 Å². The predicted molar refractivity (Wildman–Crippen MR) is 315 cm³/mol. The highest BCUT2D eigenvalue weighted by Crippen LogP contribution is 2.68. The van der Waals surface area contributed by atoms with E-state index in [0.29, 0.717) is 17.5 Å². The fraction of sp³-hybridized carbons (Fsp3) is 0.320. The Morgan fingerprint density at radius 2 is 0.744 bits per heavy atom. The summed E-state index contributed by atoms with van der Waals surface area (Å²) in [6.07, 6.45) is 16.9. The van der Waals surface area contributed by atoms with Crippen molar-refractivity contribution in [2.24, 2.45) is 35.5 Å². The number of fused-ring (bicyclic) bond motifs is 13. The Balaban J connectivity index is 0.834. The monoisotopic (exact) mass is 1010 g/mol. The van der Waals surface area contributed by atoms with Crippen LogP contribution in [-0.2, 0) is 21.7 Å². The third kappa shape index (κ3) is 6.09. The van der Waals surface area contributed by atoms with E-state index >= 15 is 0 Å². The molecule has 78 heavy (non-hydrogen) atoms. The van der Waals surface area contributed by atoms with Crippen LogP contribution >= 0.6 is 0 Å². The molecule has 8 bridgehead atoms. The molecule has 1 aromatic heterocycles. The lowest BCUT2D eigenvalue weighted by molar-refractivity contribution is -0.00530. The van der Waals surface area contributed by atoms with E-state index in [1.54, 1.807) is 11.1 Å². The number of hydrogen-bond donors (Lipinski definition) is 0. The maximum Gasteiger partial charge on any atom is 0.164 e. The minimum atomic E-state index is -0.485. The third-order valence-electron chi connectivity index (χ3n) is 22.5. The minimum absolute atomic E-state index is 0.0868. The molecule has 3 heteroatoms. The molecule has 8 aromatic carbocycles. The normalized spacial score (nSPS) is 29.1. The van der Waals surface area contributed by atoms with E-state index in [1.165, 1.54) is 149 Å². The number of rotatable bonds is 6. The number of aromatic nitrogens is 3. The van der Waals surface area contributed by atoms with Gasteiger partial charge in [-0.05, 0) is 225 Å². The summed E-state index contributed by atoms with van der Waals surface area (Å²) in [5.41, 5.74) is 25.2. The zero-order valence-corrected chi connectivity index (χ0v) is 45.0. The summed E-state index contributed by atoms with van der Waals surface area (Å²) >= 11 is 0. The molecule has 0 N–H and O–H groups in total. The van der Waals surface area contributed by atoms with E-state index in [4.69, 9.17) is 15.0 Å². The van der Waals surface area contributed by atoms with Gasteiger partial charge in [-0.2, -0.15) is 0 Å². The van der Waals surface area contributed by atoms with Gasteiger partial charge in [0.1, 0.15) is 0 Å². The summed E-state index contributed by atoms with van der Waals surface area (Å²) in [4.78, 5) is 16.5. The molecule has 11 aliphatic rings. The fourth-order valence-corrected chi connectivity index (χ4v) is 20.1. The van der Waals surface area contributed by atoms with Crippen molar-refractivity contribution < 1.29 is 0 Å². The Kier molecular flexibility index (Phi) is 9.03. The first kappa shape index (κ1) is 44.7. The lowest BCUT2D eigenvalue weighted by Gasteiger charge is -2.57. The molecule has 20 rings (SSSR count). The van der Waals surface area contributed by atoms with Gasteiger partial charge in [-0.15, -0.1) is 0 Å². The zero-order valence-electron chi connectivity index (χ0n) is 45.0. The van der Waals surface area contributed by atoms with Crippen LogP contribution < -0.4 is 0 Å². The molecule has 0 saturated heterocycles. The van der Waals surface area contributed by atoms with Crippen molar-refractivity contribution in [3.8, 4) is 78.7 Å². The van der Waals surface area contributed by atoms with E-state index in [-0.39, 0.29) is 16.2 Å². The van der Waals surface area contributed by atoms with E-state index in [0.717, 1.165) is 57.8 Å². The molecule has 1 spiro atoms. The molecule has 3 nitrogen and oxygen atoms in total. The molecule has 0 aliphatic heterocycles. The zero-order chi connectivity index (χ0) is 51.3. The molecule has 9 aromatic rings. The minimum Gasteiger partial charge on any atom is -0.208 e. The van der Waals surface area contributed by atoms with Crippen LogP contribution in [0.5, 0.6) is 0 Å². The van der Waals surface area contributed by atoms with Crippen molar-refractivity contribution in [2.45, 2.75) is 113 Å². The molecule has 8 fully saturated rings. The average Bonchev–Trinajstić information content (AvgIpc) is 4.12. The van der Waals surface area contributed by atoms with Gasteiger partial charge in [0.2, 0.25) is 0 Å². The lowest BCUT2D eigenvalue weighted by Crippen LogP contribution is -2.48. The Labute approximate surface area is 459 Å². The first-order chi connectivity index (χ1) is 38.2. The van der Waals surface area contributed by atoms with Crippen molar-refractivity contribution >= 4 is 0 Å². The summed E-state index contributed by atoms with van der Waals surface area (Å²) in [6, 6.07) is 67.9. The van der Waals surface area contributed by atoms with E-state index in [2.05, 4.69) is 190 Å². The van der Waals surface area contributed by atoms with Gasteiger partial charge >= 0.3 is 0 Å².